The van der Waals surface area contributed by atoms with Gasteiger partial charge in [-0.2, -0.15) is 4.31 Å². The van der Waals surface area contributed by atoms with Crippen molar-refractivity contribution in [1.29, 1.82) is 0 Å². The molecule has 1 atom stereocenters. The van der Waals surface area contributed by atoms with E-state index in [-0.39, 0.29) is 22.8 Å². The van der Waals surface area contributed by atoms with Gasteiger partial charge in [-0.05, 0) is 62.1 Å². The summed E-state index contributed by atoms with van der Waals surface area (Å²) in [6.45, 7) is 2.69. The van der Waals surface area contributed by atoms with Gasteiger partial charge < -0.3 is 5.32 Å². The third-order valence-electron chi connectivity index (χ3n) is 5.32. The smallest absolute Gasteiger partial charge is 0.243 e. The average Bonchev–Trinajstić information content (AvgIpc) is 2.75. The molecule has 30 heavy (non-hydrogen) atoms. The van der Waals surface area contributed by atoms with Gasteiger partial charge in [0, 0.05) is 25.1 Å². The van der Waals surface area contributed by atoms with Crippen LogP contribution in [-0.2, 0) is 21.2 Å². The molecule has 0 spiro atoms. The van der Waals surface area contributed by atoms with Gasteiger partial charge >= 0.3 is 0 Å². The van der Waals surface area contributed by atoms with Crippen LogP contribution in [0.2, 0.25) is 0 Å². The normalized spacial score (nSPS) is 16.2. The summed E-state index contributed by atoms with van der Waals surface area (Å²) in [6, 6.07) is 9.03. The van der Waals surface area contributed by atoms with Crippen molar-refractivity contribution in [3.05, 3.63) is 65.2 Å². The van der Waals surface area contributed by atoms with E-state index in [1.165, 1.54) is 4.31 Å². The van der Waals surface area contributed by atoms with E-state index in [4.69, 9.17) is 0 Å². The third-order valence-corrected chi connectivity index (χ3v) is 7.23. The summed E-state index contributed by atoms with van der Waals surface area (Å²) < 4.78 is 54.0. The van der Waals surface area contributed by atoms with E-state index in [0.717, 1.165) is 43.0 Å². The van der Waals surface area contributed by atoms with Crippen molar-refractivity contribution in [2.45, 2.75) is 50.0 Å². The third kappa shape index (κ3) is 5.43. The van der Waals surface area contributed by atoms with Crippen LogP contribution in [0.4, 0.5) is 8.78 Å². The Morgan fingerprint density at radius 2 is 1.73 bits per heavy atom. The maximum absolute atomic E-state index is 13.8. The average molecular weight is 437 g/mol. The molecule has 3 rings (SSSR count). The molecule has 1 saturated heterocycles. The van der Waals surface area contributed by atoms with Crippen LogP contribution in [0.5, 0.6) is 0 Å². The van der Waals surface area contributed by atoms with E-state index < -0.39 is 27.7 Å². The number of carbonyl (C=O) groups is 1. The molecule has 0 bridgehead atoms. The Balaban J connectivity index is 1.55. The fourth-order valence-electron chi connectivity index (χ4n) is 3.58. The largest absolute Gasteiger partial charge is 0.349 e. The van der Waals surface area contributed by atoms with Crippen LogP contribution in [0, 0.1) is 11.6 Å². The standard InChI is InChI=1S/C22H26F2N2O3S/c1-16(20-15-18(23)8-11-21(20)24)25-22(27)12-7-17-5-9-19(10-6-17)30(28,29)26-13-3-2-4-14-26/h5-6,8-11,15-16H,2-4,7,12-14H2,1H3,(H,25,27). The quantitative estimate of drug-likeness (QED) is 0.715. The molecule has 1 N–H and O–H groups in total. The molecule has 0 aliphatic carbocycles. The monoisotopic (exact) mass is 436 g/mol. The minimum absolute atomic E-state index is 0.0932. The Labute approximate surface area is 176 Å². The van der Waals surface area contributed by atoms with Crippen molar-refractivity contribution < 1.29 is 22.0 Å². The van der Waals surface area contributed by atoms with Crippen LogP contribution >= 0.6 is 0 Å². The summed E-state index contributed by atoms with van der Waals surface area (Å²) in [5.74, 6) is -1.43. The number of carbonyl (C=O) groups excluding carboxylic acids is 1. The molecule has 1 aliphatic heterocycles. The molecule has 1 unspecified atom stereocenters. The number of hydrogen-bond acceptors (Lipinski definition) is 3. The van der Waals surface area contributed by atoms with Crippen LogP contribution in [0.1, 0.15) is 49.8 Å². The minimum atomic E-state index is -3.48. The van der Waals surface area contributed by atoms with Crippen LogP contribution < -0.4 is 5.32 Å². The van der Waals surface area contributed by atoms with Crippen LogP contribution in [0.15, 0.2) is 47.4 Å². The Bertz CT molecular complexity index is 988. The van der Waals surface area contributed by atoms with E-state index in [0.29, 0.717) is 19.5 Å². The minimum Gasteiger partial charge on any atom is -0.349 e. The lowest BCUT2D eigenvalue weighted by Crippen LogP contribution is -2.35. The van der Waals surface area contributed by atoms with Crippen LogP contribution in [0.25, 0.3) is 0 Å². The van der Waals surface area contributed by atoms with Gasteiger partial charge in [0.1, 0.15) is 11.6 Å². The van der Waals surface area contributed by atoms with Crippen LogP contribution in [0.3, 0.4) is 0 Å². The van der Waals surface area contributed by atoms with E-state index >= 15 is 0 Å². The molecular weight excluding hydrogens is 410 g/mol. The molecule has 0 aromatic heterocycles. The molecule has 1 heterocycles. The molecule has 1 amide bonds. The summed E-state index contributed by atoms with van der Waals surface area (Å²) in [6.07, 6.45) is 3.37. The number of hydrogen-bond donors (Lipinski definition) is 1. The van der Waals surface area contributed by atoms with E-state index in [1.54, 1.807) is 31.2 Å². The number of aryl methyl sites for hydroxylation is 1. The highest BCUT2D eigenvalue weighted by Crippen LogP contribution is 2.21. The van der Waals surface area contributed by atoms with Gasteiger partial charge in [-0.3, -0.25) is 4.79 Å². The number of sulfonamides is 1. The second-order valence-electron chi connectivity index (χ2n) is 7.56. The summed E-state index contributed by atoms with van der Waals surface area (Å²) in [7, 11) is -3.48. The SMILES string of the molecule is CC(NC(=O)CCc1ccc(S(=O)(=O)N2CCCCC2)cc1)c1cc(F)ccc1F. The summed E-state index contributed by atoms with van der Waals surface area (Å²) >= 11 is 0. The van der Waals surface area contributed by atoms with E-state index in [9.17, 15) is 22.0 Å². The molecule has 0 radical (unpaired) electrons. The van der Waals surface area contributed by atoms with E-state index in [1.807, 2.05) is 0 Å². The molecule has 5 nitrogen and oxygen atoms in total. The highest BCUT2D eigenvalue weighted by molar-refractivity contribution is 7.89. The number of benzene rings is 2. The lowest BCUT2D eigenvalue weighted by Gasteiger charge is -2.25. The number of nitrogens with one attached hydrogen (secondary N) is 1. The van der Waals surface area contributed by atoms with Crippen molar-refractivity contribution in [3.8, 4) is 0 Å². The van der Waals surface area contributed by atoms with Crippen molar-refractivity contribution in [2.24, 2.45) is 0 Å². The van der Waals surface area contributed by atoms with Gasteiger partial charge in [0.15, 0.2) is 0 Å². The molecule has 1 fully saturated rings. The lowest BCUT2D eigenvalue weighted by molar-refractivity contribution is -0.121. The lowest BCUT2D eigenvalue weighted by atomic mass is 10.1. The molecule has 0 saturated carbocycles. The Hall–Kier alpha value is -2.32. The highest BCUT2D eigenvalue weighted by Gasteiger charge is 2.25. The number of halogens is 2. The molecule has 162 valence electrons. The first kappa shape index (κ1) is 22.4. The topological polar surface area (TPSA) is 66.5 Å². The summed E-state index contributed by atoms with van der Waals surface area (Å²) in [4.78, 5) is 12.5. The predicted octanol–water partition coefficient (Wildman–Crippen LogP) is 3.95. The van der Waals surface area contributed by atoms with Crippen molar-refractivity contribution in [3.63, 3.8) is 0 Å². The van der Waals surface area contributed by atoms with Gasteiger partial charge in [0.05, 0.1) is 10.9 Å². The molecule has 8 heteroatoms. The molecule has 2 aromatic carbocycles. The van der Waals surface area contributed by atoms with Gasteiger partial charge in [0.2, 0.25) is 15.9 Å². The van der Waals surface area contributed by atoms with Gasteiger partial charge in [-0.1, -0.05) is 18.6 Å². The Morgan fingerprint density at radius 3 is 2.40 bits per heavy atom. The summed E-state index contributed by atoms with van der Waals surface area (Å²) in [5, 5.41) is 2.66. The first-order valence-electron chi connectivity index (χ1n) is 10.1. The first-order chi connectivity index (χ1) is 14.3. The highest BCUT2D eigenvalue weighted by atomic mass is 32.2. The first-order valence-corrected chi connectivity index (χ1v) is 11.5. The van der Waals surface area contributed by atoms with Crippen molar-refractivity contribution in [2.75, 3.05) is 13.1 Å². The van der Waals surface area contributed by atoms with Crippen LogP contribution in [-0.4, -0.2) is 31.7 Å². The van der Waals surface area contributed by atoms with Crippen molar-refractivity contribution in [1.82, 2.24) is 9.62 Å². The van der Waals surface area contributed by atoms with Gasteiger partial charge in [-0.25, -0.2) is 17.2 Å². The molecule has 1 aliphatic rings. The fourth-order valence-corrected chi connectivity index (χ4v) is 5.10. The van der Waals surface area contributed by atoms with E-state index in [2.05, 4.69) is 5.32 Å². The van der Waals surface area contributed by atoms with Gasteiger partial charge in [-0.15, -0.1) is 0 Å². The zero-order chi connectivity index (χ0) is 21.7. The maximum Gasteiger partial charge on any atom is 0.243 e. The number of amides is 1. The van der Waals surface area contributed by atoms with Gasteiger partial charge in [0.25, 0.3) is 0 Å². The summed E-state index contributed by atoms with van der Waals surface area (Å²) in [5.41, 5.74) is 0.919. The second-order valence-corrected chi connectivity index (χ2v) is 9.50. The fraction of sp³-hybridized carbons (Fsp3) is 0.409. The van der Waals surface area contributed by atoms with Crippen molar-refractivity contribution >= 4 is 15.9 Å². The molecular formula is C22H26F2N2O3S. The second kappa shape index (κ2) is 9.66. The number of piperidine rings is 1. The predicted molar refractivity (Wildman–Crippen MR) is 110 cm³/mol. The zero-order valence-corrected chi connectivity index (χ0v) is 17.7. The number of nitrogens with zero attached hydrogens (tertiary/aromatic N) is 1. The zero-order valence-electron chi connectivity index (χ0n) is 16.9. The Morgan fingerprint density at radius 1 is 1.07 bits per heavy atom. The molecule has 2 aromatic rings. The maximum atomic E-state index is 13.8. The number of rotatable bonds is 7. The Kier molecular flexibility index (Phi) is 7.20.